The molecule has 2 heterocycles. The molecule has 2 aliphatic rings. The van der Waals surface area contributed by atoms with Gasteiger partial charge in [-0.15, -0.1) is 0 Å². The minimum Gasteiger partial charge on any atom is -0.484 e. The van der Waals surface area contributed by atoms with E-state index in [0.717, 1.165) is 12.5 Å². The second kappa shape index (κ2) is 7.60. The molecule has 0 bridgehead atoms. The number of aromatic carboxylic acids is 1. The van der Waals surface area contributed by atoms with Gasteiger partial charge in [-0.25, -0.2) is 9.18 Å². The number of hydrogen-bond acceptors (Lipinski definition) is 5. The van der Waals surface area contributed by atoms with Gasteiger partial charge in [0, 0.05) is 38.2 Å². The monoisotopic (exact) mass is 415 g/mol. The van der Waals surface area contributed by atoms with E-state index in [1.54, 1.807) is 12.0 Å². The van der Waals surface area contributed by atoms with Gasteiger partial charge in [-0.2, -0.15) is 0 Å². The number of carboxylic acid groups (broad SMARTS) is 1. The first-order valence-corrected chi connectivity index (χ1v) is 9.64. The lowest BCUT2D eigenvalue weighted by Gasteiger charge is -2.31. The molecular formula is C22H22FNO6. The Balaban J connectivity index is 1.64. The highest BCUT2D eigenvalue weighted by molar-refractivity contribution is 5.95. The molecule has 1 unspecified atom stereocenters. The first-order valence-electron chi connectivity index (χ1n) is 9.64. The van der Waals surface area contributed by atoms with Crippen LogP contribution in [0.5, 0.6) is 17.2 Å². The molecule has 2 aromatic carbocycles. The van der Waals surface area contributed by atoms with Gasteiger partial charge in [-0.3, -0.25) is 4.79 Å². The fraction of sp³-hybridized carbons (Fsp3) is 0.364. The summed E-state index contributed by atoms with van der Waals surface area (Å²) in [5.74, 6) is -1.33. The summed E-state index contributed by atoms with van der Waals surface area (Å²) >= 11 is 0. The third-order valence-corrected chi connectivity index (χ3v) is 5.31. The number of amides is 1. The van der Waals surface area contributed by atoms with Gasteiger partial charge in [-0.1, -0.05) is 0 Å². The summed E-state index contributed by atoms with van der Waals surface area (Å²) in [6, 6.07) is 6.86. The van der Waals surface area contributed by atoms with Crippen molar-refractivity contribution >= 4 is 11.9 Å². The number of methoxy groups -OCH3 is 1. The molecule has 0 spiro atoms. The van der Waals surface area contributed by atoms with Crippen molar-refractivity contribution in [3.63, 3.8) is 0 Å². The standard InChI is InChI=1S/C22H22FNO6/c1-22(12-28-2)11-16-18(8-13(21(26)27)9-19(16)30-22)29-14-4-5-15(17(23)10-14)20(25)24-6-3-7-24/h4-5,8-10H,3,6-7,11-12H2,1-2H3,(H,26,27). The quantitative estimate of drug-likeness (QED) is 0.777. The molecule has 2 aromatic rings. The van der Waals surface area contributed by atoms with Gasteiger partial charge in [0.1, 0.15) is 28.7 Å². The van der Waals surface area contributed by atoms with Crippen molar-refractivity contribution in [1.29, 1.82) is 0 Å². The third kappa shape index (κ3) is 3.70. The van der Waals surface area contributed by atoms with Crippen molar-refractivity contribution in [2.45, 2.75) is 25.4 Å². The molecule has 158 valence electrons. The van der Waals surface area contributed by atoms with Crippen LogP contribution in [-0.2, 0) is 11.2 Å². The summed E-state index contributed by atoms with van der Waals surface area (Å²) in [5, 5.41) is 9.42. The van der Waals surface area contributed by atoms with Crippen LogP contribution in [0.3, 0.4) is 0 Å². The fourth-order valence-electron chi connectivity index (χ4n) is 3.71. The van der Waals surface area contributed by atoms with E-state index in [9.17, 15) is 19.1 Å². The van der Waals surface area contributed by atoms with Crippen LogP contribution in [-0.4, -0.2) is 54.3 Å². The summed E-state index contributed by atoms with van der Waals surface area (Å²) in [6.07, 6.45) is 1.36. The first kappa shape index (κ1) is 20.2. The van der Waals surface area contributed by atoms with Crippen LogP contribution in [0.2, 0.25) is 0 Å². The van der Waals surface area contributed by atoms with Gasteiger partial charge in [0.05, 0.1) is 17.7 Å². The van der Waals surface area contributed by atoms with E-state index in [2.05, 4.69) is 0 Å². The second-order valence-corrected chi connectivity index (χ2v) is 7.81. The van der Waals surface area contributed by atoms with Crippen LogP contribution < -0.4 is 9.47 Å². The number of hydrogen-bond donors (Lipinski definition) is 1. The average Bonchev–Trinajstić information content (AvgIpc) is 2.96. The molecule has 7 nitrogen and oxygen atoms in total. The molecule has 0 aromatic heterocycles. The Morgan fingerprint density at radius 3 is 2.63 bits per heavy atom. The predicted octanol–water partition coefficient (Wildman–Crippen LogP) is 3.50. The molecule has 1 amide bonds. The Bertz CT molecular complexity index is 1020. The highest BCUT2D eigenvalue weighted by Crippen LogP contribution is 2.43. The number of carbonyl (C=O) groups is 2. The fourth-order valence-corrected chi connectivity index (χ4v) is 3.71. The van der Waals surface area contributed by atoms with Crippen molar-refractivity contribution in [2.24, 2.45) is 0 Å². The molecule has 8 heteroatoms. The maximum atomic E-state index is 14.6. The summed E-state index contributed by atoms with van der Waals surface area (Å²) in [5.41, 5.74) is 0.00385. The molecule has 0 aliphatic carbocycles. The molecule has 1 fully saturated rings. The minimum atomic E-state index is -1.13. The zero-order valence-corrected chi connectivity index (χ0v) is 16.7. The van der Waals surface area contributed by atoms with Gasteiger partial charge < -0.3 is 24.2 Å². The molecule has 30 heavy (non-hydrogen) atoms. The Kier molecular flexibility index (Phi) is 5.11. The van der Waals surface area contributed by atoms with E-state index >= 15 is 0 Å². The number of benzene rings is 2. The molecular weight excluding hydrogens is 393 g/mol. The van der Waals surface area contributed by atoms with Crippen LogP contribution >= 0.6 is 0 Å². The van der Waals surface area contributed by atoms with Crippen molar-refractivity contribution < 1.29 is 33.3 Å². The van der Waals surface area contributed by atoms with E-state index in [0.29, 0.717) is 37.4 Å². The van der Waals surface area contributed by atoms with Gasteiger partial charge in [0.15, 0.2) is 0 Å². The van der Waals surface area contributed by atoms with Crippen LogP contribution in [0.25, 0.3) is 0 Å². The van der Waals surface area contributed by atoms with E-state index in [4.69, 9.17) is 14.2 Å². The zero-order valence-electron chi connectivity index (χ0n) is 16.7. The Hall–Kier alpha value is -3.13. The van der Waals surface area contributed by atoms with E-state index in [-0.39, 0.29) is 28.5 Å². The Labute approximate surface area is 173 Å². The first-order chi connectivity index (χ1) is 14.3. The molecule has 0 saturated carbocycles. The molecule has 0 radical (unpaired) electrons. The zero-order chi connectivity index (χ0) is 21.5. The maximum Gasteiger partial charge on any atom is 0.335 e. The lowest BCUT2D eigenvalue weighted by atomic mass is 9.98. The van der Waals surface area contributed by atoms with Gasteiger partial charge in [-0.05, 0) is 37.6 Å². The van der Waals surface area contributed by atoms with E-state index in [1.807, 2.05) is 6.92 Å². The predicted molar refractivity (Wildman–Crippen MR) is 105 cm³/mol. The van der Waals surface area contributed by atoms with E-state index < -0.39 is 17.4 Å². The molecule has 4 rings (SSSR count). The van der Waals surface area contributed by atoms with Crippen molar-refractivity contribution in [3.05, 3.63) is 52.8 Å². The lowest BCUT2D eigenvalue weighted by molar-refractivity contribution is 0.0204. The largest absolute Gasteiger partial charge is 0.484 e. The third-order valence-electron chi connectivity index (χ3n) is 5.31. The van der Waals surface area contributed by atoms with Crippen molar-refractivity contribution in [2.75, 3.05) is 26.8 Å². The number of likely N-dealkylation sites (tertiary alicyclic amines) is 1. The minimum absolute atomic E-state index is 0.00419. The average molecular weight is 415 g/mol. The molecule has 2 aliphatic heterocycles. The Morgan fingerprint density at radius 2 is 2.03 bits per heavy atom. The number of carbonyl (C=O) groups excluding carboxylic acids is 1. The number of carboxylic acids is 1. The van der Waals surface area contributed by atoms with Crippen LogP contribution in [0.15, 0.2) is 30.3 Å². The van der Waals surface area contributed by atoms with Gasteiger partial charge in [0.2, 0.25) is 0 Å². The molecule has 1 atom stereocenters. The van der Waals surface area contributed by atoms with Crippen molar-refractivity contribution in [3.8, 4) is 17.2 Å². The summed E-state index contributed by atoms with van der Waals surface area (Å²) < 4.78 is 31.6. The number of nitrogens with zero attached hydrogens (tertiary/aromatic N) is 1. The molecule has 1 saturated heterocycles. The van der Waals surface area contributed by atoms with Crippen molar-refractivity contribution in [1.82, 2.24) is 4.90 Å². The number of ether oxygens (including phenoxy) is 3. The number of halogens is 1. The summed E-state index contributed by atoms with van der Waals surface area (Å²) in [4.78, 5) is 25.4. The second-order valence-electron chi connectivity index (χ2n) is 7.81. The normalized spacial score (nSPS) is 19.6. The lowest BCUT2D eigenvalue weighted by Crippen LogP contribution is -2.42. The Morgan fingerprint density at radius 1 is 1.27 bits per heavy atom. The van der Waals surface area contributed by atoms with E-state index in [1.165, 1.54) is 24.3 Å². The smallest absolute Gasteiger partial charge is 0.335 e. The SMILES string of the molecule is COCC1(C)Cc2c(Oc3ccc(C(=O)N4CCC4)c(F)c3)cc(C(=O)O)cc2O1. The van der Waals surface area contributed by atoms with Crippen LogP contribution in [0.1, 0.15) is 39.6 Å². The molecule has 1 N–H and O–H groups in total. The van der Waals surface area contributed by atoms with Gasteiger partial charge >= 0.3 is 5.97 Å². The summed E-state index contributed by atoms with van der Waals surface area (Å²) in [6.45, 7) is 3.43. The highest BCUT2D eigenvalue weighted by atomic mass is 19.1. The highest BCUT2D eigenvalue weighted by Gasteiger charge is 2.38. The number of rotatable bonds is 6. The topological polar surface area (TPSA) is 85.3 Å². The van der Waals surface area contributed by atoms with Crippen LogP contribution in [0.4, 0.5) is 4.39 Å². The van der Waals surface area contributed by atoms with Gasteiger partial charge in [0.25, 0.3) is 5.91 Å². The number of fused-ring (bicyclic) bond motifs is 1. The summed E-state index contributed by atoms with van der Waals surface area (Å²) in [7, 11) is 1.56. The maximum absolute atomic E-state index is 14.6. The van der Waals surface area contributed by atoms with Crippen LogP contribution in [0, 0.1) is 5.82 Å².